The van der Waals surface area contributed by atoms with Crippen LogP contribution in [-0.2, 0) is 21.3 Å². The fourth-order valence-electron chi connectivity index (χ4n) is 3.62. The van der Waals surface area contributed by atoms with Gasteiger partial charge in [0.2, 0.25) is 10.0 Å². The van der Waals surface area contributed by atoms with Crippen LogP contribution in [0.15, 0.2) is 71.9 Å². The Balaban J connectivity index is 1.42. The fourth-order valence-corrected chi connectivity index (χ4v) is 4.73. The van der Waals surface area contributed by atoms with Gasteiger partial charge in [0.15, 0.2) is 0 Å². The van der Waals surface area contributed by atoms with Crippen molar-refractivity contribution in [3.05, 3.63) is 78.1 Å². The molecule has 1 aromatic heterocycles. The van der Waals surface area contributed by atoms with Crippen LogP contribution in [0.3, 0.4) is 0 Å². The number of amides is 1. The molecule has 1 N–H and O–H groups in total. The van der Waals surface area contributed by atoms with Gasteiger partial charge in [0, 0.05) is 44.1 Å². The number of nitrogens with zero attached hydrogens (tertiary/aromatic N) is 3. The highest BCUT2D eigenvalue weighted by Crippen LogP contribution is 2.16. The molecule has 1 aliphatic rings. The van der Waals surface area contributed by atoms with Gasteiger partial charge in [0.1, 0.15) is 0 Å². The molecule has 32 heavy (non-hydrogen) atoms. The maximum absolute atomic E-state index is 12.9. The molecular formula is C23H26N4O4S. The SMILES string of the molecule is CN(Cc1cnn(-c2ccccc2)c1)C(=O)c1cccc(S(=O)(=O)NCC2CCCO2)c1. The number of hydrogen-bond donors (Lipinski definition) is 1. The first-order valence-electron chi connectivity index (χ1n) is 10.5. The summed E-state index contributed by atoms with van der Waals surface area (Å²) in [5.41, 5.74) is 2.11. The van der Waals surface area contributed by atoms with Crippen molar-refractivity contribution in [3.8, 4) is 5.69 Å². The van der Waals surface area contributed by atoms with Crippen LogP contribution >= 0.6 is 0 Å². The van der Waals surface area contributed by atoms with E-state index in [4.69, 9.17) is 4.74 Å². The summed E-state index contributed by atoms with van der Waals surface area (Å²) in [6, 6.07) is 15.8. The van der Waals surface area contributed by atoms with Gasteiger partial charge in [-0.15, -0.1) is 0 Å². The third-order valence-electron chi connectivity index (χ3n) is 5.34. The van der Waals surface area contributed by atoms with E-state index in [1.807, 2.05) is 36.5 Å². The number of aromatic nitrogens is 2. The second-order valence-electron chi connectivity index (χ2n) is 7.80. The zero-order chi connectivity index (χ0) is 22.6. The normalized spacial score (nSPS) is 16.2. The second kappa shape index (κ2) is 9.64. The number of carbonyl (C=O) groups is 1. The first-order chi connectivity index (χ1) is 15.4. The summed E-state index contributed by atoms with van der Waals surface area (Å²) in [4.78, 5) is 14.5. The highest BCUT2D eigenvalue weighted by Gasteiger charge is 2.22. The molecule has 3 aromatic rings. The van der Waals surface area contributed by atoms with Gasteiger partial charge < -0.3 is 9.64 Å². The van der Waals surface area contributed by atoms with Crippen LogP contribution in [0, 0.1) is 0 Å². The Labute approximate surface area is 187 Å². The molecule has 2 aromatic carbocycles. The highest BCUT2D eigenvalue weighted by atomic mass is 32.2. The minimum Gasteiger partial charge on any atom is -0.377 e. The Hall–Kier alpha value is -3.01. The molecule has 2 heterocycles. The van der Waals surface area contributed by atoms with Crippen LogP contribution in [0.1, 0.15) is 28.8 Å². The van der Waals surface area contributed by atoms with Crippen molar-refractivity contribution < 1.29 is 17.9 Å². The lowest BCUT2D eigenvalue weighted by atomic mass is 10.2. The Bertz CT molecular complexity index is 1170. The molecule has 0 aliphatic carbocycles. The smallest absolute Gasteiger partial charge is 0.253 e. The van der Waals surface area contributed by atoms with E-state index in [-0.39, 0.29) is 23.5 Å². The van der Waals surface area contributed by atoms with Crippen molar-refractivity contribution in [2.24, 2.45) is 0 Å². The van der Waals surface area contributed by atoms with E-state index in [2.05, 4.69) is 9.82 Å². The zero-order valence-electron chi connectivity index (χ0n) is 17.8. The van der Waals surface area contributed by atoms with Crippen molar-refractivity contribution in [1.29, 1.82) is 0 Å². The van der Waals surface area contributed by atoms with E-state index in [0.29, 0.717) is 18.7 Å². The number of hydrogen-bond acceptors (Lipinski definition) is 5. The molecule has 8 nitrogen and oxygen atoms in total. The molecule has 1 fully saturated rings. The molecule has 0 spiro atoms. The van der Waals surface area contributed by atoms with Crippen molar-refractivity contribution in [1.82, 2.24) is 19.4 Å². The van der Waals surface area contributed by atoms with E-state index < -0.39 is 10.0 Å². The van der Waals surface area contributed by atoms with Crippen LogP contribution < -0.4 is 4.72 Å². The first-order valence-corrected chi connectivity index (χ1v) is 12.0. The number of para-hydroxylation sites is 1. The summed E-state index contributed by atoms with van der Waals surface area (Å²) in [7, 11) is -2.05. The Morgan fingerprint density at radius 2 is 2.03 bits per heavy atom. The van der Waals surface area contributed by atoms with E-state index >= 15 is 0 Å². The van der Waals surface area contributed by atoms with Crippen LogP contribution in [0.2, 0.25) is 0 Å². The molecule has 1 unspecified atom stereocenters. The third-order valence-corrected chi connectivity index (χ3v) is 6.76. The summed E-state index contributed by atoms with van der Waals surface area (Å²) in [6.45, 7) is 1.23. The Kier molecular flexibility index (Phi) is 6.69. The van der Waals surface area contributed by atoms with E-state index in [0.717, 1.165) is 24.1 Å². The second-order valence-corrected chi connectivity index (χ2v) is 9.57. The van der Waals surface area contributed by atoms with E-state index in [1.165, 1.54) is 17.0 Å². The lowest BCUT2D eigenvalue weighted by Crippen LogP contribution is -2.32. The number of ether oxygens (including phenoxy) is 1. The summed E-state index contributed by atoms with van der Waals surface area (Å²) < 4.78 is 35.1. The molecule has 1 aliphatic heterocycles. The lowest BCUT2D eigenvalue weighted by molar-refractivity contribution is 0.0785. The Morgan fingerprint density at radius 1 is 1.22 bits per heavy atom. The van der Waals surface area contributed by atoms with Gasteiger partial charge in [-0.2, -0.15) is 5.10 Å². The lowest BCUT2D eigenvalue weighted by Gasteiger charge is -2.17. The van der Waals surface area contributed by atoms with Crippen LogP contribution in [0.4, 0.5) is 0 Å². The van der Waals surface area contributed by atoms with Crippen LogP contribution in [-0.4, -0.2) is 55.3 Å². The minimum absolute atomic E-state index is 0.0617. The summed E-state index contributed by atoms with van der Waals surface area (Å²) in [5, 5.41) is 4.35. The molecule has 1 saturated heterocycles. The van der Waals surface area contributed by atoms with Gasteiger partial charge in [-0.05, 0) is 43.2 Å². The van der Waals surface area contributed by atoms with Crippen molar-refractivity contribution >= 4 is 15.9 Å². The molecule has 0 radical (unpaired) electrons. The number of sulfonamides is 1. The summed E-state index contributed by atoms with van der Waals surface area (Å²) in [5.74, 6) is -0.270. The zero-order valence-corrected chi connectivity index (χ0v) is 18.7. The number of rotatable bonds is 8. The van der Waals surface area contributed by atoms with Crippen LogP contribution in [0.25, 0.3) is 5.69 Å². The van der Waals surface area contributed by atoms with E-state index in [9.17, 15) is 13.2 Å². The van der Waals surface area contributed by atoms with Gasteiger partial charge in [0.05, 0.1) is 22.9 Å². The number of carbonyl (C=O) groups excluding carboxylic acids is 1. The maximum Gasteiger partial charge on any atom is 0.253 e. The predicted octanol–water partition coefficient (Wildman–Crippen LogP) is 2.60. The molecule has 1 amide bonds. The number of benzene rings is 2. The van der Waals surface area contributed by atoms with Gasteiger partial charge in [-0.1, -0.05) is 24.3 Å². The molecule has 0 bridgehead atoms. The van der Waals surface area contributed by atoms with Crippen LogP contribution in [0.5, 0.6) is 0 Å². The molecular weight excluding hydrogens is 428 g/mol. The van der Waals surface area contributed by atoms with Gasteiger partial charge in [-0.3, -0.25) is 4.79 Å². The maximum atomic E-state index is 12.9. The quantitative estimate of drug-likeness (QED) is 0.565. The fraction of sp³-hybridized carbons (Fsp3) is 0.304. The Morgan fingerprint density at radius 3 is 2.78 bits per heavy atom. The topological polar surface area (TPSA) is 93.5 Å². The highest BCUT2D eigenvalue weighted by molar-refractivity contribution is 7.89. The van der Waals surface area contributed by atoms with Crippen molar-refractivity contribution in [3.63, 3.8) is 0 Å². The predicted molar refractivity (Wildman–Crippen MR) is 120 cm³/mol. The number of nitrogens with one attached hydrogen (secondary N) is 1. The minimum atomic E-state index is -3.73. The van der Waals surface area contributed by atoms with Gasteiger partial charge in [-0.25, -0.2) is 17.8 Å². The standard InChI is InChI=1S/C23H26N4O4S/c1-26(16-18-14-24-27(17-18)20-8-3-2-4-9-20)23(28)19-7-5-11-22(13-19)32(29,30)25-15-21-10-6-12-31-21/h2-5,7-9,11,13-14,17,21,25H,6,10,12,15-16H2,1H3. The van der Waals surface area contributed by atoms with E-state index in [1.54, 1.807) is 30.1 Å². The monoisotopic (exact) mass is 454 g/mol. The summed E-state index contributed by atoms with van der Waals surface area (Å²) >= 11 is 0. The third kappa shape index (κ3) is 5.24. The average molecular weight is 455 g/mol. The molecule has 0 saturated carbocycles. The summed E-state index contributed by atoms with van der Waals surface area (Å²) in [6.07, 6.45) is 5.26. The van der Waals surface area contributed by atoms with Crippen molar-refractivity contribution in [2.45, 2.75) is 30.4 Å². The first kappa shape index (κ1) is 22.2. The molecule has 4 rings (SSSR count). The molecule has 1 atom stereocenters. The van der Waals surface area contributed by atoms with Gasteiger partial charge >= 0.3 is 0 Å². The van der Waals surface area contributed by atoms with Gasteiger partial charge in [0.25, 0.3) is 5.91 Å². The van der Waals surface area contributed by atoms with Crippen molar-refractivity contribution in [2.75, 3.05) is 20.2 Å². The molecule has 9 heteroatoms. The molecule has 168 valence electrons. The largest absolute Gasteiger partial charge is 0.377 e. The average Bonchev–Trinajstić information content (AvgIpc) is 3.50.